The summed E-state index contributed by atoms with van der Waals surface area (Å²) in [6.45, 7) is 0.0481. The summed E-state index contributed by atoms with van der Waals surface area (Å²) in [6.07, 6.45) is 8.04. The van der Waals surface area contributed by atoms with Gasteiger partial charge in [-0.3, -0.25) is 36.2 Å². The monoisotopic (exact) mass is 648 g/mol. The molecule has 232 valence electrons. The van der Waals surface area contributed by atoms with Gasteiger partial charge in [0.25, 0.3) is 0 Å². The van der Waals surface area contributed by atoms with Crippen molar-refractivity contribution in [1.29, 1.82) is 0 Å². The molecule has 0 saturated heterocycles. The lowest BCUT2D eigenvalue weighted by Crippen LogP contribution is -2.05. The zero-order valence-electron chi connectivity index (χ0n) is 21.9. The predicted octanol–water partition coefficient (Wildman–Crippen LogP) is 4.29. The largest absolute Gasteiger partial charge is 0.472 e. The van der Waals surface area contributed by atoms with E-state index in [1.165, 1.54) is 0 Å². The minimum absolute atomic E-state index is 0.00478. The molecule has 0 rings (SSSR count). The van der Waals surface area contributed by atoms with Crippen molar-refractivity contribution in [2.75, 3.05) is 52.9 Å². The first-order chi connectivity index (χ1) is 18.2. The Morgan fingerprint density at radius 1 is 0.487 bits per heavy atom. The van der Waals surface area contributed by atoms with Crippen LogP contribution >= 0.6 is 31.3 Å². The summed E-state index contributed by atoms with van der Waals surface area (Å²) in [4.78, 5) is 38.1. The molecule has 0 heterocycles. The first-order valence-corrected chi connectivity index (χ1v) is 18.1. The van der Waals surface area contributed by atoms with Crippen molar-refractivity contribution in [3.8, 4) is 12.3 Å². The molecule has 0 saturated carbocycles. The van der Waals surface area contributed by atoms with E-state index < -0.39 is 31.3 Å². The molecule has 4 unspecified atom stereocenters. The van der Waals surface area contributed by atoms with Crippen LogP contribution in [0.2, 0.25) is 0 Å². The third kappa shape index (κ3) is 25.4. The summed E-state index contributed by atoms with van der Waals surface area (Å²) < 4.78 is 84.4. The highest BCUT2D eigenvalue weighted by Crippen LogP contribution is 2.46. The lowest BCUT2D eigenvalue weighted by atomic mass is 10.2. The van der Waals surface area contributed by atoms with E-state index in [2.05, 4.69) is 15.0 Å². The lowest BCUT2D eigenvalue weighted by molar-refractivity contribution is 0.112. The number of rotatable bonds is 27. The van der Waals surface area contributed by atoms with Crippen LogP contribution in [0.4, 0.5) is 0 Å². The lowest BCUT2D eigenvalue weighted by Gasteiger charge is -2.15. The Bertz CT molecular complexity index is 878. The van der Waals surface area contributed by atoms with Crippen LogP contribution < -0.4 is 0 Å². The maximum Gasteiger partial charge on any atom is 0.472 e. The number of terminal acetylenes is 1. The van der Waals surface area contributed by atoms with Crippen LogP contribution in [0.5, 0.6) is 0 Å². The normalized spacial score (nSPS) is 17.9. The van der Waals surface area contributed by atoms with Gasteiger partial charge in [-0.1, -0.05) is 13.3 Å². The Morgan fingerprint density at radius 3 is 1.00 bits per heavy atom. The molecule has 0 amide bonds. The molecule has 39 heavy (non-hydrogen) atoms. The van der Waals surface area contributed by atoms with Crippen LogP contribution in [-0.2, 0) is 54.5 Å². The molecule has 20 heteroatoms. The van der Waals surface area contributed by atoms with Gasteiger partial charge in [-0.05, 0) is 38.5 Å². The average Bonchev–Trinajstić information content (AvgIpc) is 2.83. The van der Waals surface area contributed by atoms with E-state index in [1.54, 1.807) is 0 Å². The Balaban J connectivity index is 3.90. The molecule has 0 aliphatic carbocycles. The maximum absolute atomic E-state index is 11.8. The fraction of sp³-hybridized carbons (Fsp3) is 0.895. The summed E-state index contributed by atoms with van der Waals surface area (Å²) in [5.74, 6) is 2.43. The summed E-state index contributed by atoms with van der Waals surface area (Å²) in [7, 11) is -17.3. The maximum atomic E-state index is 11.8. The number of phosphoric ester groups is 4. The van der Waals surface area contributed by atoms with Gasteiger partial charge in [0, 0.05) is 6.42 Å². The van der Waals surface area contributed by atoms with E-state index in [9.17, 15) is 37.8 Å². The molecule has 0 aliphatic rings. The highest BCUT2D eigenvalue weighted by atomic mass is 31.2. The zero-order valence-corrected chi connectivity index (χ0v) is 25.4. The standard InChI is InChI=1S/C19H40O16P4/c1-3-5-7-8-13-29-37(22,23)31-15-10-17-33-39(26,27)35-19-11-18-34-38(24,25)32-16-9-14-30-36(20,21)28-12-6-4-2/h1H,4-19H2,2H3,(H,20,21)(H,22,23)(H,24,25)(H,26,27). The van der Waals surface area contributed by atoms with Gasteiger partial charge in [0.15, 0.2) is 0 Å². The molecule has 4 N–H and O–H groups in total. The smallest absolute Gasteiger partial charge is 0.302 e. The molecule has 0 aromatic heterocycles. The second-order valence-corrected chi connectivity index (χ2v) is 13.4. The van der Waals surface area contributed by atoms with E-state index in [0.29, 0.717) is 25.7 Å². The topological polar surface area (TPSA) is 223 Å². The van der Waals surface area contributed by atoms with Crippen molar-refractivity contribution in [1.82, 2.24) is 0 Å². The van der Waals surface area contributed by atoms with Crippen LogP contribution in [0, 0.1) is 12.3 Å². The van der Waals surface area contributed by atoms with Gasteiger partial charge in [-0.2, -0.15) is 0 Å². The van der Waals surface area contributed by atoms with Crippen LogP contribution in [0.3, 0.4) is 0 Å². The predicted molar refractivity (Wildman–Crippen MR) is 138 cm³/mol. The van der Waals surface area contributed by atoms with Crippen molar-refractivity contribution in [3.05, 3.63) is 0 Å². The van der Waals surface area contributed by atoms with Crippen molar-refractivity contribution in [2.24, 2.45) is 0 Å². The second-order valence-electron chi connectivity index (χ2n) is 7.62. The number of unbranched alkanes of at least 4 members (excludes halogenated alkanes) is 3. The molecule has 0 aromatic carbocycles. The minimum atomic E-state index is -4.45. The van der Waals surface area contributed by atoms with Crippen LogP contribution in [0.25, 0.3) is 0 Å². The summed E-state index contributed by atoms with van der Waals surface area (Å²) in [6, 6.07) is 0. The van der Waals surface area contributed by atoms with Crippen molar-refractivity contribution >= 4 is 31.3 Å². The first kappa shape index (κ1) is 39.0. The highest BCUT2D eigenvalue weighted by molar-refractivity contribution is 7.48. The quantitative estimate of drug-likeness (QED) is 0.0554. The molecule has 16 nitrogen and oxygen atoms in total. The van der Waals surface area contributed by atoms with Crippen LogP contribution in [0.15, 0.2) is 0 Å². The molecular weight excluding hydrogens is 608 g/mol. The number of hydrogen-bond acceptors (Lipinski definition) is 12. The molecule has 0 bridgehead atoms. The van der Waals surface area contributed by atoms with Crippen molar-refractivity contribution in [2.45, 2.75) is 58.3 Å². The fourth-order valence-electron chi connectivity index (χ4n) is 2.24. The Morgan fingerprint density at radius 2 is 0.744 bits per heavy atom. The zero-order chi connectivity index (χ0) is 29.7. The first-order valence-electron chi connectivity index (χ1n) is 12.1. The summed E-state index contributed by atoms with van der Waals surface area (Å²) in [5.41, 5.74) is 0. The van der Waals surface area contributed by atoms with Gasteiger partial charge in [-0.15, -0.1) is 12.3 Å². The third-order valence-corrected chi connectivity index (χ3v) is 8.19. The molecule has 0 radical (unpaired) electrons. The van der Waals surface area contributed by atoms with E-state index in [1.807, 2.05) is 6.92 Å². The van der Waals surface area contributed by atoms with E-state index in [-0.39, 0.29) is 72.1 Å². The Labute approximate surface area is 229 Å². The fourth-order valence-corrected chi connectivity index (χ4v) is 5.42. The summed E-state index contributed by atoms with van der Waals surface area (Å²) >= 11 is 0. The van der Waals surface area contributed by atoms with Gasteiger partial charge >= 0.3 is 31.3 Å². The van der Waals surface area contributed by atoms with E-state index in [0.717, 1.165) is 6.42 Å². The van der Waals surface area contributed by atoms with Gasteiger partial charge in [0.2, 0.25) is 0 Å². The van der Waals surface area contributed by atoms with E-state index >= 15 is 0 Å². The van der Waals surface area contributed by atoms with Crippen LogP contribution in [-0.4, -0.2) is 72.4 Å². The number of phosphoric acid groups is 4. The SMILES string of the molecule is C#CCCCCOP(=O)(O)OCCCOP(=O)(O)OCCCOP(=O)(O)OCCCOP(=O)(O)OCCCC. The Hall–Kier alpha value is 0.0000000000000000139. The third-order valence-electron chi connectivity index (χ3n) is 4.11. The molecule has 0 aliphatic heterocycles. The van der Waals surface area contributed by atoms with Gasteiger partial charge in [-0.25, -0.2) is 18.3 Å². The van der Waals surface area contributed by atoms with Crippen molar-refractivity contribution in [3.63, 3.8) is 0 Å². The molecule has 0 aromatic rings. The van der Waals surface area contributed by atoms with Crippen LogP contribution in [0.1, 0.15) is 58.3 Å². The molecule has 0 fully saturated rings. The van der Waals surface area contributed by atoms with E-state index in [4.69, 9.17) is 33.6 Å². The minimum Gasteiger partial charge on any atom is -0.302 e. The molecular formula is C19H40O16P4. The van der Waals surface area contributed by atoms with Gasteiger partial charge in [0.1, 0.15) is 0 Å². The highest BCUT2D eigenvalue weighted by Gasteiger charge is 2.25. The average molecular weight is 648 g/mol. The van der Waals surface area contributed by atoms with Gasteiger partial charge in [0.05, 0.1) is 52.9 Å². The second kappa shape index (κ2) is 21.7. The number of hydrogen-bond donors (Lipinski definition) is 4. The molecule has 0 spiro atoms. The Kier molecular flexibility index (Phi) is 21.7. The van der Waals surface area contributed by atoms with Gasteiger partial charge < -0.3 is 19.6 Å². The summed E-state index contributed by atoms with van der Waals surface area (Å²) in [5, 5.41) is 0. The molecule has 4 atom stereocenters. The van der Waals surface area contributed by atoms with Crippen molar-refractivity contribution < 1.29 is 74.0 Å².